The Morgan fingerprint density at radius 1 is 1.75 bits per heavy atom. The second-order valence-electron chi connectivity index (χ2n) is 1.99. The van der Waals surface area contributed by atoms with Gasteiger partial charge >= 0.3 is 0 Å². The molecule has 2 nitrogen and oxygen atoms in total. The van der Waals surface area contributed by atoms with Crippen LogP contribution in [0.1, 0.15) is 19.8 Å². The first-order valence-electron chi connectivity index (χ1n) is 2.85. The summed E-state index contributed by atoms with van der Waals surface area (Å²) in [6.45, 7) is 2.43. The van der Waals surface area contributed by atoms with Crippen molar-refractivity contribution in [1.82, 2.24) is 0 Å². The van der Waals surface area contributed by atoms with Gasteiger partial charge in [0, 0.05) is 13.5 Å². The molecule has 0 aromatic heterocycles. The minimum Gasteiger partial charge on any atom is -0.293 e. The smallest absolute Gasteiger partial charge is 0.173 e. The molecule has 0 aromatic carbocycles. The molecule has 0 unspecified atom stereocenters. The van der Waals surface area contributed by atoms with Gasteiger partial charge in [-0.25, -0.2) is 0 Å². The van der Waals surface area contributed by atoms with E-state index in [4.69, 9.17) is 0 Å². The van der Waals surface area contributed by atoms with Crippen LogP contribution in [0, 0.1) is 0 Å². The molecule has 0 saturated heterocycles. The van der Waals surface area contributed by atoms with Gasteiger partial charge in [-0.2, -0.15) is 0 Å². The van der Waals surface area contributed by atoms with Crippen LogP contribution in [0.15, 0.2) is 4.99 Å². The van der Waals surface area contributed by atoms with E-state index in [1.165, 1.54) is 0 Å². The van der Waals surface area contributed by atoms with E-state index in [2.05, 4.69) is 4.99 Å². The number of hydrogen-bond acceptors (Lipinski definition) is 2. The number of carbonyl (C=O) groups excluding carboxylic acids is 1. The van der Waals surface area contributed by atoms with Gasteiger partial charge in [-0.15, -0.1) is 0 Å². The first kappa shape index (κ1) is 5.48. The molecule has 0 N–H and O–H groups in total. The van der Waals surface area contributed by atoms with Crippen LogP contribution >= 0.6 is 0 Å². The van der Waals surface area contributed by atoms with Crippen molar-refractivity contribution in [3.05, 3.63) is 0 Å². The Labute approximate surface area is 48.6 Å². The van der Waals surface area contributed by atoms with Gasteiger partial charge in [0.2, 0.25) is 0 Å². The van der Waals surface area contributed by atoms with Crippen molar-refractivity contribution >= 4 is 11.5 Å². The minimum atomic E-state index is 0.141. The van der Waals surface area contributed by atoms with Gasteiger partial charge < -0.3 is 0 Å². The van der Waals surface area contributed by atoms with Crippen LogP contribution in [0.4, 0.5) is 0 Å². The quantitative estimate of drug-likeness (QED) is 0.463. The first-order valence-corrected chi connectivity index (χ1v) is 2.85. The fourth-order valence-electron chi connectivity index (χ4n) is 0.827. The Morgan fingerprint density at radius 2 is 2.50 bits per heavy atom. The molecule has 44 valence electrons. The third-order valence-electron chi connectivity index (χ3n) is 1.28. The van der Waals surface area contributed by atoms with Crippen LogP contribution in [0.3, 0.4) is 0 Å². The van der Waals surface area contributed by atoms with E-state index in [9.17, 15) is 4.79 Å². The monoisotopic (exact) mass is 113 g/mol. The molecule has 1 aliphatic heterocycles. The predicted octanol–water partition coefficient (Wildman–Crippen LogP) is 0.810. The fourth-order valence-corrected chi connectivity index (χ4v) is 0.827. The molecular weight excluding hydrogens is 104 g/mol. The Bertz CT molecular complexity index is 137. The lowest BCUT2D eigenvalue weighted by atomic mass is 10.6. The van der Waals surface area contributed by atoms with Crippen molar-refractivity contribution < 1.29 is 4.79 Å². The summed E-state index contributed by atoms with van der Waals surface area (Å²) in [5, 5.41) is 0. The molecule has 0 bridgehead atoms. The second-order valence-corrected chi connectivity index (χ2v) is 1.99. The average Bonchev–Trinajstić information content (AvgIpc) is 2.12. The molecule has 8 heavy (non-hydrogen) atoms. The molecular formula is C6H9NO. The number of ketones is 1. The van der Waals surface area contributed by atoms with Crippen molar-refractivity contribution in [3.8, 4) is 0 Å². The number of rotatable bonds is 1. The maximum Gasteiger partial charge on any atom is 0.173 e. The molecule has 0 aliphatic carbocycles. The van der Waals surface area contributed by atoms with Crippen LogP contribution in [0.5, 0.6) is 0 Å². The molecule has 0 spiro atoms. The van der Waals surface area contributed by atoms with Gasteiger partial charge in [-0.05, 0) is 12.8 Å². The molecule has 0 fully saturated rings. The maximum absolute atomic E-state index is 10.5. The molecule has 2 heteroatoms. The third kappa shape index (κ3) is 0.941. The molecule has 1 heterocycles. The SMILES string of the molecule is CC(=O)[13C]1=NCC[13CH2]1. The van der Waals surface area contributed by atoms with Gasteiger partial charge in [0.15, 0.2) is 5.78 Å². The van der Waals surface area contributed by atoms with E-state index in [0.29, 0.717) is 0 Å². The molecule has 0 saturated carbocycles. The number of hydrogen-bond donors (Lipinski definition) is 0. The summed E-state index contributed by atoms with van der Waals surface area (Å²) < 4.78 is 0. The molecule has 0 atom stereocenters. The Kier molecular flexibility index (Phi) is 1.42. The normalized spacial score (nSPS) is 18.4. The van der Waals surface area contributed by atoms with Crippen molar-refractivity contribution in [1.29, 1.82) is 0 Å². The summed E-state index contributed by atoms with van der Waals surface area (Å²) in [4.78, 5) is 14.5. The zero-order valence-corrected chi connectivity index (χ0v) is 4.98. The van der Waals surface area contributed by atoms with Crippen LogP contribution in [-0.4, -0.2) is 18.0 Å². The Balaban J connectivity index is 2.57. The van der Waals surface area contributed by atoms with E-state index in [0.717, 1.165) is 25.1 Å². The van der Waals surface area contributed by atoms with Crippen molar-refractivity contribution in [2.24, 2.45) is 4.99 Å². The highest BCUT2D eigenvalue weighted by Gasteiger charge is 2.08. The fraction of sp³-hybridized carbons (Fsp3) is 0.667. The number of Topliss-reactive ketones (excluding diaryl/α,β-unsaturated/α-hetero) is 1. The van der Waals surface area contributed by atoms with Crippen LogP contribution in [-0.2, 0) is 4.79 Å². The summed E-state index contributed by atoms with van der Waals surface area (Å²) in [5.74, 6) is 0.141. The van der Waals surface area contributed by atoms with Gasteiger partial charge in [-0.1, -0.05) is 0 Å². The van der Waals surface area contributed by atoms with E-state index < -0.39 is 0 Å². The lowest BCUT2D eigenvalue weighted by Crippen LogP contribution is -2.04. The lowest BCUT2D eigenvalue weighted by molar-refractivity contribution is -0.111. The summed E-state index contributed by atoms with van der Waals surface area (Å²) in [5.41, 5.74) is 0.782. The number of aliphatic imine (C=N–C) groups is 1. The van der Waals surface area contributed by atoms with Crippen molar-refractivity contribution in [3.63, 3.8) is 0 Å². The van der Waals surface area contributed by atoms with E-state index in [1.54, 1.807) is 6.92 Å². The second kappa shape index (κ2) is 2.07. The highest BCUT2D eigenvalue weighted by atomic mass is 16.1. The largest absolute Gasteiger partial charge is 0.293 e. The van der Waals surface area contributed by atoms with Crippen LogP contribution < -0.4 is 0 Å². The summed E-state index contributed by atoms with van der Waals surface area (Å²) in [6, 6.07) is 0. The molecule has 0 aromatic rings. The average molecular weight is 113 g/mol. The van der Waals surface area contributed by atoms with Crippen molar-refractivity contribution in [2.75, 3.05) is 6.54 Å². The number of nitrogens with zero attached hydrogens (tertiary/aromatic N) is 1. The van der Waals surface area contributed by atoms with E-state index >= 15 is 0 Å². The molecule has 1 rings (SSSR count). The molecule has 0 amide bonds. The predicted molar refractivity (Wildman–Crippen MR) is 32.2 cm³/mol. The van der Waals surface area contributed by atoms with E-state index in [1.807, 2.05) is 0 Å². The molecule has 1 aliphatic rings. The highest BCUT2D eigenvalue weighted by molar-refractivity contribution is 6.39. The number of carbonyl (C=O) groups is 1. The van der Waals surface area contributed by atoms with Gasteiger partial charge in [0.05, 0.1) is 5.71 Å². The Hall–Kier alpha value is -0.660. The summed E-state index contributed by atoms with van der Waals surface area (Å²) in [7, 11) is 0. The van der Waals surface area contributed by atoms with Gasteiger partial charge in [0.1, 0.15) is 0 Å². The maximum atomic E-state index is 10.5. The zero-order valence-electron chi connectivity index (χ0n) is 4.98. The first-order chi connectivity index (χ1) is 3.80. The molecule has 0 radical (unpaired) electrons. The highest BCUT2D eigenvalue weighted by Crippen LogP contribution is 2.03. The lowest BCUT2D eigenvalue weighted by Gasteiger charge is -1.86. The van der Waals surface area contributed by atoms with Crippen LogP contribution in [0.2, 0.25) is 0 Å². The minimum absolute atomic E-state index is 0.141. The van der Waals surface area contributed by atoms with Gasteiger partial charge in [0.25, 0.3) is 0 Å². The standard InChI is InChI=1S/C6H9NO/c1-5(8)6-3-2-4-7-6/h2-4H2,1H3/i3+1,6+1. The zero-order chi connectivity index (χ0) is 5.98. The summed E-state index contributed by atoms with van der Waals surface area (Å²) >= 11 is 0. The summed E-state index contributed by atoms with van der Waals surface area (Å²) in [6.07, 6.45) is 1.96. The third-order valence-corrected chi connectivity index (χ3v) is 1.28. The topological polar surface area (TPSA) is 29.4 Å². The van der Waals surface area contributed by atoms with Gasteiger partial charge in [-0.3, -0.25) is 9.79 Å². The van der Waals surface area contributed by atoms with Crippen molar-refractivity contribution in [2.45, 2.75) is 19.8 Å². The van der Waals surface area contributed by atoms with E-state index in [-0.39, 0.29) is 5.78 Å². The Morgan fingerprint density at radius 3 is 2.75 bits per heavy atom. The van der Waals surface area contributed by atoms with Crippen LogP contribution in [0.25, 0.3) is 0 Å².